The fraction of sp³-hybridized carbons (Fsp3) is 0.176. The Kier molecular flexibility index (Phi) is 4.64. The minimum absolute atomic E-state index is 0.0779. The number of anilines is 1. The first-order chi connectivity index (χ1) is 11.5. The molecule has 0 aromatic heterocycles. The van der Waals surface area contributed by atoms with Crippen LogP contribution in [-0.4, -0.2) is 41.0 Å². The van der Waals surface area contributed by atoms with Gasteiger partial charge in [0.25, 0.3) is 11.8 Å². The van der Waals surface area contributed by atoms with Crippen molar-refractivity contribution in [2.75, 3.05) is 18.4 Å². The van der Waals surface area contributed by atoms with Gasteiger partial charge in [0, 0.05) is 12.2 Å². The number of fused-ring (bicyclic) bond motifs is 1. The Balaban J connectivity index is 1.61. The number of hydrogen-bond acceptors (Lipinski definition) is 4. The molecule has 2 N–H and O–H groups in total. The van der Waals surface area contributed by atoms with Crippen LogP contribution in [0, 0.1) is 5.82 Å². The van der Waals surface area contributed by atoms with Crippen LogP contribution in [0.25, 0.3) is 0 Å². The van der Waals surface area contributed by atoms with E-state index in [1.807, 2.05) is 0 Å². The van der Waals surface area contributed by atoms with E-state index in [0.29, 0.717) is 21.3 Å². The van der Waals surface area contributed by atoms with Crippen molar-refractivity contribution in [3.8, 4) is 0 Å². The summed E-state index contributed by atoms with van der Waals surface area (Å²) in [4.78, 5) is 25.5. The molecule has 0 spiro atoms. The Bertz CT molecular complexity index is 777. The van der Waals surface area contributed by atoms with Crippen molar-refractivity contribution < 1.29 is 19.1 Å². The predicted molar refractivity (Wildman–Crippen MR) is 90.4 cm³/mol. The highest BCUT2D eigenvalue weighted by atomic mass is 79.9. The van der Waals surface area contributed by atoms with Crippen molar-refractivity contribution in [3.63, 3.8) is 0 Å². The Morgan fingerprint density at radius 3 is 2.33 bits per heavy atom. The van der Waals surface area contributed by atoms with Gasteiger partial charge in [-0.25, -0.2) is 4.39 Å². The van der Waals surface area contributed by atoms with Crippen LogP contribution in [0.2, 0.25) is 0 Å². The maximum Gasteiger partial charge on any atom is 0.261 e. The number of rotatable bonds is 5. The first kappa shape index (κ1) is 16.6. The summed E-state index contributed by atoms with van der Waals surface area (Å²) < 4.78 is 13.8. The van der Waals surface area contributed by atoms with Gasteiger partial charge in [0.1, 0.15) is 5.82 Å². The number of nitrogens with one attached hydrogen (secondary N) is 1. The fourth-order valence-electron chi connectivity index (χ4n) is 2.52. The van der Waals surface area contributed by atoms with E-state index >= 15 is 0 Å². The Labute approximate surface area is 146 Å². The number of carbonyl (C=O) groups excluding carboxylic acids is 2. The number of β-amino-alcohol motifs (C(OH)–C–C–N with tert-alkyl or cyclic N) is 1. The second-order valence-corrected chi connectivity index (χ2v) is 6.28. The van der Waals surface area contributed by atoms with Gasteiger partial charge < -0.3 is 10.4 Å². The van der Waals surface area contributed by atoms with Gasteiger partial charge in [-0.15, -0.1) is 0 Å². The van der Waals surface area contributed by atoms with E-state index in [0.717, 1.165) is 4.90 Å². The van der Waals surface area contributed by atoms with Crippen molar-refractivity contribution in [1.82, 2.24) is 4.90 Å². The fourth-order valence-corrected chi connectivity index (χ4v) is 2.77. The van der Waals surface area contributed by atoms with Crippen molar-refractivity contribution >= 4 is 33.4 Å². The molecule has 2 aromatic rings. The molecular formula is C17H14BrFN2O3. The lowest BCUT2D eigenvalue weighted by Crippen LogP contribution is -2.39. The maximum atomic E-state index is 13.4. The second-order valence-electron chi connectivity index (χ2n) is 5.43. The van der Waals surface area contributed by atoms with E-state index in [-0.39, 0.29) is 13.1 Å². The van der Waals surface area contributed by atoms with Crippen LogP contribution in [0.4, 0.5) is 10.1 Å². The number of aliphatic hydroxyl groups excluding tert-OH is 1. The lowest BCUT2D eigenvalue weighted by Gasteiger charge is -2.19. The molecule has 2 amide bonds. The van der Waals surface area contributed by atoms with E-state index in [2.05, 4.69) is 21.2 Å². The van der Waals surface area contributed by atoms with E-state index in [4.69, 9.17) is 0 Å². The summed E-state index contributed by atoms with van der Waals surface area (Å²) in [5, 5.41) is 13.0. The van der Waals surface area contributed by atoms with Gasteiger partial charge in [-0.1, -0.05) is 12.1 Å². The summed E-state index contributed by atoms with van der Waals surface area (Å²) in [6, 6.07) is 11.0. The van der Waals surface area contributed by atoms with Gasteiger partial charge in [0.2, 0.25) is 0 Å². The lowest BCUT2D eigenvalue weighted by molar-refractivity contribution is 0.0558. The van der Waals surface area contributed by atoms with Crippen molar-refractivity contribution in [1.29, 1.82) is 0 Å². The van der Waals surface area contributed by atoms with Crippen LogP contribution >= 0.6 is 15.9 Å². The molecule has 3 rings (SSSR count). The molecule has 5 nitrogen and oxygen atoms in total. The molecule has 24 heavy (non-hydrogen) atoms. The maximum absolute atomic E-state index is 13.4. The third-order valence-corrected chi connectivity index (χ3v) is 4.38. The summed E-state index contributed by atoms with van der Waals surface area (Å²) in [5.74, 6) is -1.25. The smallest absolute Gasteiger partial charge is 0.261 e. The highest BCUT2D eigenvalue weighted by Gasteiger charge is 2.35. The molecule has 124 valence electrons. The quantitative estimate of drug-likeness (QED) is 0.767. The molecule has 0 saturated heterocycles. The molecule has 1 unspecified atom stereocenters. The average Bonchev–Trinajstić information content (AvgIpc) is 2.81. The van der Waals surface area contributed by atoms with Crippen LogP contribution in [-0.2, 0) is 0 Å². The minimum atomic E-state index is -0.973. The van der Waals surface area contributed by atoms with Crippen molar-refractivity contribution in [3.05, 3.63) is 63.9 Å². The van der Waals surface area contributed by atoms with E-state index < -0.39 is 23.7 Å². The Morgan fingerprint density at radius 1 is 1.12 bits per heavy atom. The zero-order valence-corrected chi connectivity index (χ0v) is 14.1. The largest absolute Gasteiger partial charge is 0.389 e. The molecule has 0 bridgehead atoms. The number of nitrogens with zero attached hydrogens (tertiary/aromatic N) is 1. The van der Waals surface area contributed by atoms with Crippen molar-refractivity contribution in [2.24, 2.45) is 0 Å². The number of hydrogen-bond donors (Lipinski definition) is 2. The summed E-state index contributed by atoms with van der Waals surface area (Å²) >= 11 is 3.06. The molecular weight excluding hydrogens is 379 g/mol. The third-order valence-electron chi connectivity index (χ3n) is 3.73. The van der Waals surface area contributed by atoms with E-state index in [1.54, 1.807) is 36.4 Å². The SMILES string of the molecule is O=C1c2ccccc2C(=O)N1CC(O)CNc1ccc(Br)c(F)c1. The molecule has 1 atom stereocenters. The van der Waals surface area contributed by atoms with Gasteiger partial charge in [-0.05, 0) is 46.3 Å². The zero-order chi connectivity index (χ0) is 17.3. The molecule has 0 radical (unpaired) electrons. The summed E-state index contributed by atoms with van der Waals surface area (Å²) in [5.41, 5.74) is 1.19. The standard InChI is InChI=1S/C17H14BrFN2O3/c18-14-6-5-10(7-15(14)19)20-8-11(22)9-21-16(23)12-3-1-2-4-13(12)17(21)24/h1-7,11,20,22H,8-9H2. The molecule has 0 saturated carbocycles. The average molecular weight is 393 g/mol. The molecule has 7 heteroatoms. The summed E-state index contributed by atoms with van der Waals surface area (Å²) in [6.45, 7) is -0.0488. The highest BCUT2D eigenvalue weighted by Crippen LogP contribution is 2.23. The Morgan fingerprint density at radius 2 is 1.75 bits per heavy atom. The zero-order valence-electron chi connectivity index (χ0n) is 12.5. The number of amides is 2. The topological polar surface area (TPSA) is 69.6 Å². The predicted octanol–water partition coefficient (Wildman–Crippen LogP) is 2.66. The molecule has 2 aromatic carbocycles. The lowest BCUT2D eigenvalue weighted by atomic mass is 10.1. The van der Waals surface area contributed by atoms with Gasteiger partial charge in [0.15, 0.2) is 0 Å². The number of carbonyl (C=O) groups is 2. The monoisotopic (exact) mass is 392 g/mol. The van der Waals surface area contributed by atoms with Gasteiger partial charge in [-0.3, -0.25) is 14.5 Å². The van der Waals surface area contributed by atoms with Gasteiger partial charge in [-0.2, -0.15) is 0 Å². The summed E-state index contributed by atoms with van der Waals surface area (Å²) in [6.07, 6.45) is -0.973. The van der Waals surface area contributed by atoms with E-state index in [1.165, 1.54) is 6.07 Å². The van der Waals surface area contributed by atoms with Gasteiger partial charge >= 0.3 is 0 Å². The normalized spacial score (nSPS) is 14.7. The van der Waals surface area contributed by atoms with Crippen molar-refractivity contribution in [2.45, 2.75) is 6.10 Å². The first-order valence-electron chi connectivity index (χ1n) is 7.29. The van der Waals surface area contributed by atoms with Gasteiger partial charge in [0.05, 0.1) is 28.2 Å². The van der Waals surface area contributed by atoms with Crippen LogP contribution in [0.1, 0.15) is 20.7 Å². The second kappa shape index (κ2) is 6.70. The molecule has 1 aliphatic rings. The molecule has 1 aliphatic heterocycles. The van der Waals surface area contributed by atoms with Crippen LogP contribution in [0.3, 0.4) is 0 Å². The molecule has 0 fully saturated rings. The first-order valence-corrected chi connectivity index (χ1v) is 8.09. The number of halogens is 2. The van der Waals surface area contributed by atoms with Crippen LogP contribution in [0.15, 0.2) is 46.9 Å². The third kappa shape index (κ3) is 3.18. The number of aliphatic hydroxyl groups is 1. The van der Waals surface area contributed by atoms with Crippen LogP contribution < -0.4 is 5.32 Å². The molecule has 1 heterocycles. The summed E-state index contributed by atoms with van der Waals surface area (Å²) in [7, 11) is 0. The molecule has 0 aliphatic carbocycles. The van der Waals surface area contributed by atoms with E-state index in [9.17, 15) is 19.1 Å². The number of benzene rings is 2. The Hall–Kier alpha value is -2.25. The highest BCUT2D eigenvalue weighted by molar-refractivity contribution is 9.10. The minimum Gasteiger partial charge on any atom is -0.389 e. The number of imide groups is 1. The van der Waals surface area contributed by atoms with Crippen LogP contribution in [0.5, 0.6) is 0 Å².